The molecule has 0 bridgehead atoms. The number of hydrogen-bond donors (Lipinski definition) is 1. The largest absolute Gasteiger partial charge is 0.463 e. The molecule has 0 unspecified atom stereocenters. The van der Waals surface area contributed by atoms with Gasteiger partial charge in [-0.15, -0.1) is 12.4 Å². The van der Waals surface area contributed by atoms with Crippen molar-refractivity contribution in [2.45, 2.75) is 51.0 Å². The minimum Gasteiger partial charge on any atom is -0.463 e. The fraction of sp³-hybridized carbons (Fsp3) is 0.400. The lowest BCUT2D eigenvalue weighted by molar-refractivity contribution is 0.373. The molecule has 0 aliphatic heterocycles. The summed E-state index contributed by atoms with van der Waals surface area (Å²) in [5.41, 5.74) is 8.60. The summed E-state index contributed by atoms with van der Waals surface area (Å²) < 4.78 is 16.7. The van der Waals surface area contributed by atoms with Crippen molar-refractivity contribution in [2.24, 2.45) is 5.73 Å². The van der Waals surface area contributed by atoms with Crippen molar-refractivity contribution in [2.75, 3.05) is 0 Å². The van der Waals surface area contributed by atoms with Gasteiger partial charge in [-0.25, -0.2) is 4.98 Å². The van der Waals surface area contributed by atoms with E-state index in [9.17, 15) is 0 Å². The van der Waals surface area contributed by atoms with Crippen LogP contribution in [0, 0.1) is 0 Å². The molecule has 1 aliphatic carbocycles. The topological polar surface area (TPSA) is 117 Å². The van der Waals surface area contributed by atoms with Crippen LogP contribution in [0.15, 0.2) is 37.9 Å². The molecule has 0 amide bonds. The first kappa shape index (κ1) is 19.6. The van der Waals surface area contributed by atoms with Crippen molar-refractivity contribution in [1.82, 2.24) is 20.3 Å². The summed E-state index contributed by atoms with van der Waals surface area (Å²) in [5, 5.41) is 9.20. The maximum absolute atomic E-state index is 6.51. The van der Waals surface area contributed by atoms with E-state index in [1.807, 2.05) is 18.2 Å². The van der Waals surface area contributed by atoms with Crippen LogP contribution in [0.2, 0.25) is 0 Å². The standard InChI is InChI=1S/C20H21N5O3.ClH/c1-2-6-13-16-12(17-23-19(25-27-17)20(21)8-3-4-9-20)11-14(15-7-5-10-26-15)22-18(16)28-24-13;/h5,7,10-11H,2-4,6,8-9,21H2,1H3;1H. The summed E-state index contributed by atoms with van der Waals surface area (Å²) in [7, 11) is 0. The molecule has 1 saturated carbocycles. The molecule has 0 saturated heterocycles. The second kappa shape index (κ2) is 7.61. The summed E-state index contributed by atoms with van der Waals surface area (Å²) in [6.07, 6.45) is 7.19. The second-order valence-electron chi connectivity index (χ2n) is 7.38. The smallest absolute Gasteiger partial charge is 0.259 e. The number of hydrogen-bond acceptors (Lipinski definition) is 8. The maximum atomic E-state index is 6.51. The number of furan rings is 1. The van der Waals surface area contributed by atoms with Crippen LogP contribution in [0.5, 0.6) is 0 Å². The number of halogens is 1. The first-order valence-corrected chi connectivity index (χ1v) is 9.64. The highest BCUT2D eigenvalue weighted by Crippen LogP contribution is 2.38. The number of aromatic nitrogens is 4. The average Bonchev–Trinajstić information content (AvgIpc) is 3.48. The quantitative estimate of drug-likeness (QED) is 0.501. The number of pyridine rings is 1. The maximum Gasteiger partial charge on any atom is 0.259 e. The van der Waals surface area contributed by atoms with E-state index in [4.69, 9.17) is 19.2 Å². The van der Waals surface area contributed by atoms with Crippen molar-refractivity contribution in [3.63, 3.8) is 0 Å². The number of aryl methyl sites for hydroxylation is 1. The van der Waals surface area contributed by atoms with Crippen LogP contribution in [-0.4, -0.2) is 20.3 Å². The second-order valence-corrected chi connectivity index (χ2v) is 7.38. The lowest BCUT2D eigenvalue weighted by Gasteiger charge is -2.17. The van der Waals surface area contributed by atoms with E-state index < -0.39 is 5.54 Å². The molecule has 2 N–H and O–H groups in total. The van der Waals surface area contributed by atoms with Crippen molar-refractivity contribution < 1.29 is 13.5 Å². The molecular weight excluding hydrogens is 394 g/mol. The Morgan fingerprint density at radius 2 is 1.97 bits per heavy atom. The molecule has 1 aliphatic rings. The van der Waals surface area contributed by atoms with E-state index in [-0.39, 0.29) is 12.4 Å². The first-order chi connectivity index (χ1) is 13.7. The summed E-state index contributed by atoms with van der Waals surface area (Å²) in [6.45, 7) is 2.09. The third-order valence-corrected chi connectivity index (χ3v) is 5.38. The molecule has 152 valence electrons. The van der Waals surface area contributed by atoms with Gasteiger partial charge in [0, 0.05) is 0 Å². The average molecular weight is 416 g/mol. The van der Waals surface area contributed by atoms with Gasteiger partial charge in [0.15, 0.2) is 11.6 Å². The Kier molecular flexibility index (Phi) is 5.14. The Morgan fingerprint density at radius 3 is 2.69 bits per heavy atom. The van der Waals surface area contributed by atoms with Crippen LogP contribution in [0.3, 0.4) is 0 Å². The van der Waals surface area contributed by atoms with Gasteiger partial charge in [-0.05, 0) is 37.5 Å². The zero-order chi connectivity index (χ0) is 19.1. The van der Waals surface area contributed by atoms with Gasteiger partial charge in [0.05, 0.1) is 28.4 Å². The molecule has 4 heterocycles. The Bertz CT molecular complexity index is 1110. The zero-order valence-electron chi connectivity index (χ0n) is 16.1. The normalized spacial score (nSPS) is 15.7. The molecule has 9 heteroatoms. The van der Waals surface area contributed by atoms with Crippen LogP contribution in [-0.2, 0) is 12.0 Å². The predicted molar refractivity (Wildman–Crippen MR) is 108 cm³/mol. The van der Waals surface area contributed by atoms with Crippen LogP contribution >= 0.6 is 12.4 Å². The molecule has 4 aromatic rings. The Labute approximate surface area is 173 Å². The van der Waals surface area contributed by atoms with E-state index in [0.717, 1.165) is 55.2 Å². The van der Waals surface area contributed by atoms with E-state index in [1.54, 1.807) is 6.26 Å². The molecule has 29 heavy (non-hydrogen) atoms. The van der Waals surface area contributed by atoms with E-state index >= 15 is 0 Å². The molecule has 8 nitrogen and oxygen atoms in total. The number of fused-ring (bicyclic) bond motifs is 1. The van der Waals surface area contributed by atoms with E-state index in [1.165, 1.54) is 0 Å². The van der Waals surface area contributed by atoms with Crippen molar-refractivity contribution in [3.05, 3.63) is 36.0 Å². The van der Waals surface area contributed by atoms with E-state index in [0.29, 0.717) is 28.9 Å². The molecule has 4 aromatic heterocycles. The highest BCUT2D eigenvalue weighted by atomic mass is 35.5. The van der Waals surface area contributed by atoms with Crippen molar-refractivity contribution in [3.8, 4) is 22.9 Å². The Balaban J connectivity index is 0.00000205. The number of nitrogens with zero attached hydrogens (tertiary/aromatic N) is 4. The molecule has 0 radical (unpaired) electrons. The van der Waals surface area contributed by atoms with Crippen LogP contribution in [0.1, 0.15) is 50.5 Å². The van der Waals surface area contributed by atoms with Crippen molar-refractivity contribution in [1.29, 1.82) is 0 Å². The van der Waals surface area contributed by atoms with Gasteiger partial charge < -0.3 is 19.2 Å². The molecule has 5 rings (SSSR count). The van der Waals surface area contributed by atoms with Gasteiger partial charge in [-0.1, -0.05) is 36.5 Å². The van der Waals surface area contributed by atoms with Crippen LogP contribution in [0.4, 0.5) is 0 Å². The SMILES string of the molecule is CCCc1noc2nc(-c3ccco3)cc(-c3nc(C4(N)CCCC4)no3)c12.Cl. The predicted octanol–water partition coefficient (Wildman–Crippen LogP) is 4.64. The summed E-state index contributed by atoms with van der Waals surface area (Å²) in [4.78, 5) is 9.22. The zero-order valence-corrected chi connectivity index (χ0v) is 16.9. The minimum absolute atomic E-state index is 0. The van der Waals surface area contributed by atoms with Crippen LogP contribution in [0.25, 0.3) is 34.0 Å². The fourth-order valence-electron chi connectivity index (χ4n) is 3.90. The number of rotatable bonds is 5. The van der Waals surface area contributed by atoms with Crippen molar-refractivity contribution >= 4 is 23.5 Å². The highest BCUT2D eigenvalue weighted by molar-refractivity contribution is 5.93. The minimum atomic E-state index is -0.515. The summed E-state index contributed by atoms with van der Waals surface area (Å²) >= 11 is 0. The van der Waals surface area contributed by atoms with Crippen LogP contribution < -0.4 is 5.73 Å². The molecule has 0 atom stereocenters. The molecule has 0 aromatic carbocycles. The monoisotopic (exact) mass is 415 g/mol. The lowest BCUT2D eigenvalue weighted by Crippen LogP contribution is -2.34. The lowest BCUT2D eigenvalue weighted by atomic mass is 9.98. The van der Waals surface area contributed by atoms with Gasteiger partial charge in [0.1, 0.15) is 5.69 Å². The highest BCUT2D eigenvalue weighted by Gasteiger charge is 2.36. The molecule has 1 fully saturated rings. The third kappa shape index (κ3) is 3.32. The summed E-state index contributed by atoms with van der Waals surface area (Å²) in [5.74, 6) is 1.58. The van der Waals surface area contributed by atoms with E-state index in [2.05, 4.69) is 27.2 Å². The van der Waals surface area contributed by atoms with Gasteiger partial charge in [-0.2, -0.15) is 4.98 Å². The molecular formula is C20H22ClN5O3. The van der Waals surface area contributed by atoms with Gasteiger partial charge >= 0.3 is 0 Å². The third-order valence-electron chi connectivity index (χ3n) is 5.38. The molecule has 0 spiro atoms. The fourth-order valence-corrected chi connectivity index (χ4v) is 3.90. The Morgan fingerprint density at radius 1 is 1.14 bits per heavy atom. The van der Waals surface area contributed by atoms with Gasteiger partial charge in [0.2, 0.25) is 0 Å². The first-order valence-electron chi connectivity index (χ1n) is 9.64. The summed E-state index contributed by atoms with van der Waals surface area (Å²) in [6, 6.07) is 5.54. The number of nitrogens with two attached hydrogens (primary N) is 1. The Hall–Kier alpha value is -2.71. The van der Waals surface area contributed by atoms with Gasteiger partial charge in [0.25, 0.3) is 11.6 Å². The van der Waals surface area contributed by atoms with Gasteiger partial charge in [-0.3, -0.25) is 0 Å².